The molecule has 0 fully saturated rings. The second-order valence-corrected chi connectivity index (χ2v) is 4.35. The van der Waals surface area contributed by atoms with Gasteiger partial charge in [-0.05, 0) is 37.6 Å². The standard InChI is InChI=1S/C14H19FN2O3/c1-3-5-12(13(18)19)16-14(20)17(4-2)11-8-6-10(15)7-9-11/h6-9,12H,3-5H2,1-2H3,(H,16,20)(H,18,19). The topological polar surface area (TPSA) is 69.6 Å². The van der Waals surface area contributed by atoms with Crippen molar-refractivity contribution in [1.82, 2.24) is 5.32 Å². The molecule has 1 aromatic carbocycles. The molecule has 1 unspecified atom stereocenters. The molecule has 6 heteroatoms. The van der Waals surface area contributed by atoms with E-state index in [1.54, 1.807) is 6.92 Å². The normalized spacial score (nSPS) is 11.8. The Bertz CT molecular complexity index is 462. The Morgan fingerprint density at radius 2 is 1.90 bits per heavy atom. The fourth-order valence-corrected chi connectivity index (χ4v) is 1.84. The van der Waals surface area contributed by atoms with Gasteiger partial charge >= 0.3 is 12.0 Å². The molecule has 2 N–H and O–H groups in total. The maximum absolute atomic E-state index is 12.9. The Kier molecular flexibility index (Phi) is 5.96. The number of nitrogens with one attached hydrogen (secondary N) is 1. The van der Waals surface area contributed by atoms with Gasteiger partial charge in [0, 0.05) is 12.2 Å². The van der Waals surface area contributed by atoms with Crippen molar-refractivity contribution >= 4 is 17.7 Å². The van der Waals surface area contributed by atoms with Crippen LogP contribution in [0.15, 0.2) is 24.3 Å². The Balaban J connectivity index is 2.81. The molecule has 0 saturated heterocycles. The molecule has 0 saturated carbocycles. The zero-order valence-corrected chi connectivity index (χ0v) is 11.6. The zero-order valence-electron chi connectivity index (χ0n) is 11.6. The Morgan fingerprint density at radius 1 is 1.30 bits per heavy atom. The molecule has 0 aromatic heterocycles. The number of carboxylic acids is 1. The van der Waals surface area contributed by atoms with E-state index in [2.05, 4.69) is 5.32 Å². The predicted molar refractivity (Wildman–Crippen MR) is 74.3 cm³/mol. The van der Waals surface area contributed by atoms with Gasteiger partial charge in [-0.15, -0.1) is 0 Å². The summed E-state index contributed by atoms with van der Waals surface area (Å²) in [7, 11) is 0. The van der Waals surface area contributed by atoms with Crippen molar-refractivity contribution < 1.29 is 19.1 Å². The molecular weight excluding hydrogens is 263 g/mol. The van der Waals surface area contributed by atoms with Crippen LogP contribution in [0.1, 0.15) is 26.7 Å². The van der Waals surface area contributed by atoms with E-state index < -0.39 is 18.0 Å². The van der Waals surface area contributed by atoms with Crippen molar-refractivity contribution in [3.63, 3.8) is 0 Å². The highest BCUT2D eigenvalue weighted by atomic mass is 19.1. The third-order valence-electron chi connectivity index (χ3n) is 2.87. The number of carbonyl (C=O) groups is 2. The molecule has 0 heterocycles. The van der Waals surface area contributed by atoms with Gasteiger partial charge in [0.1, 0.15) is 11.9 Å². The number of urea groups is 1. The smallest absolute Gasteiger partial charge is 0.326 e. The Morgan fingerprint density at radius 3 is 2.35 bits per heavy atom. The van der Waals surface area contributed by atoms with E-state index >= 15 is 0 Å². The molecule has 1 rings (SSSR count). The van der Waals surface area contributed by atoms with Gasteiger partial charge in [0.15, 0.2) is 0 Å². The predicted octanol–water partition coefficient (Wildman–Crippen LogP) is 2.61. The van der Waals surface area contributed by atoms with Crippen LogP contribution < -0.4 is 10.2 Å². The van der Waals surface area contributed by atoms with E-state index in [9.17, 15) is 14.0 Å². The molecular formula is C14H19FN2O3. The van der Waals surface area contributed by atoms with Gasteiger partial charge in [-0.2, -0.15) is 0 Å². The number of carboxylic acid groups (broad SMARTS) is 1. The van der Waals surface area contributed by atoms with Crippen LogP contribution in [0.4, 0.5) is 14.9 Å². The maximum atomic E-state index is 12.9. The molecule has 0 aliphatic carbocycles. The van der Waals surface area contributed by atoms with Crippen molar-refractivity contribution in [3.05, 3.63) is 30.1 Å². The third-order valence-corrected chi connectivity index (χ3v) is 2.87. The van der Waals surface area contributed by atoms with Crippen LogP contribution in [-0.4, -0.2) is 29.7 Å². The minimum atomic E-state index is -1.06. The molecule has 0 aliphatic rings. The van der Waals surface area contributed by atoms with E-state index in [4.69, 9.17) is 5.11 Å². The van der Waals surface area contributed by atoms with Crippen LogP contribution in [0, 0.1) is 5.82 Å². The Labute approximate surface area is 117 Å². The molecule has 1 aromatic rings. The zero-order chi connectivity index (χ0) is 15.1. The van der Waals surface area contributed by atoms with Crippen molar-refractivity contribution in [2.24, 2.45) is 0 Å². The SMILES string of the molecule is CCCC(NC(=O)N(CC)c1ccc(F)cc1)C(=O)O. The first-order valence-electron chi connectivity index (χ1n) is 6.56. The molecule has 0 aliphatic heterocycles. The number of anilines is 1. The first kappa shape index (κ1) is 15.9. The van der Waals surface area contributed by atoms with Crippen molar-refractivity contribution in [2.75, 3.05) is 11.4 Å². The summed E-state index contributed by atoms with van der Waals surface area (Å²) in [6, 6.07) is 4.06. The summed E-state index contributed by atoms with van der Waals surface area (Å²) in [4.78, 5) is 24.5. The van der Waals surface area contributed by atoms with Gasteiger partial charge in [-0.1, -0.05) is 13.3 Å². The van der Waals surface area contributed by atoms with Crippen LogP contribution in [-0.2, 0) is 4.79 Å². The summed E-state index contributed by atoms with van der Waals surface area (Å²) in [5, 5.41) is 11.5. The second kappa shape index (κ2) is 7.47. The van der Waals surface area contributed by atoms with Gasteiger partial charge in [0.05, 0.1) is 0 Å². The van der Waals surface area contributed by atoms with Crippen molar-refractivity contribution in [3.8, 4) is 0 Å². The summed E-state index contributed by atoms with van der Waals surface area (Å²) in [5.74, 6) is -1.45. The fourth-order valence-electron chi connectivity index (χ4n) is 1.84. The number of nitrogens with zero attached hydrogens (tertiary/aromatic N) is 1. The number of benzene rings is 1. The first-order chi connectivity index (χ1) is 9.49. The summed E-state index contributed by atoms with van der Waals surface area (Å²) < 4.78 is 12.9. The number of hydrogen-bond donors (Lipinski definition) is 2. The average Bonchev–Trinajstić information content (AvgIpc) is 2.41. The molecule has 110 valence electrons. The van der Waals surface area contributed by atoms with Crippen LogP contribution in [0.5, 0.6) is 0 Å². The molecule has 1 atom stereocenters. The first-order valence-corrected chi connectivity index (χ1v) is 6.56. The van der Waals surface area contributed by atoms with Crippen LogP contribution in [0.25, 0.3) is 0 Å². The number of halogens is 1. The van der Waals surface area contributed by atoms with Gasteiger partial charge in [-0.25, -0.2) is 14.0 Å². The lowest BCUT2D eigenvalue weighted by atomic mass is 10.2. The van der Waals surface area contributed by atoms with Gasteiger partial charge in [-0.3, -0.25) is 4.90 Å². The van der Waals surface area contributed by atoms with E-state index in [0.29, 0.717) is 25.1 Å². The van der Waals surface area contributed by atoms with Crippen LogP contribution in [0.3, 0.4) is 0 Å². The number of carbonyl (C=O) groups excluding carboxylic acids is 1. The largest absolute Gasteiger partial charge is 0.480 e. The highest BCUT2D eigenvalue weighted by Gasteiger charge is 2.22. The lowest BCUT2D eigenvalue weighted by molar-refractivity contribution is -0.139. The molecule has 5 nitrogen and oxygen atoms in total. The Hall–Kier alpha value is -2.11. The number of hydrogen-bond acceptors (Lipinski definition) is 2. The van der Waals surface area contributed by atoms with Gasteiger partial charge < -0.3 is 10.4 Å². The van der Waals surface area contributed by atoms with Crippen molar-refractivity contribution in [2.45, 2.75) is 32.7 Å². The van der Waals surface area contributed by atoms with Gasteiger partial charge in [0.2, 0.25) is 0 Å². The third kappa shape index (κ3) is 4.22. The summed E-state index contributed by atoms with van der Waals surface area (Å²) in [5.41, 5.74) is 0.520. The number of amides is 2. The summed E-state index contributed by atoms with van der Waals surface area (Å²) >= 11 is 0. The van der Waals surface area contributed by atoms with E-state index in [-0.39, 0.29) is 5.82 Å². The van der Waals surface area contributed by atoms with E-state index in [1.807, 2.05) is 6.92 Å². The average molecular weight is 282 g/mol. The molecule has 20 heavy (non-hydrogen) atoms. The van der Waals surface area contributed by atoms with Crippen LogP contribution >= 0.6 is 0 Å². The summed E-state index contributed by atoms with van der Waals surface area (Å²) in [6.45, 7) is 3.97. The second-order valence-electron chi connectivity index (χ2n) is 4.35. The monoisotopic (exact) mass is 282 g/mol. The minimum Gasteiger partial charge on any atom is -0.480 e. The lowest BCUT2D eigenvalue weighted by Gasteiger charge is -2.24. The summed E-state index contributed by atoms with van der Waals surface area (Å²) in [6.07, 6.45) is 1.02. The van der Waals surface area contributed by atoms with Gasteiger partial charge in [0.25, 0.3) is 0 Å². The molecule has 0 radical (unpaired) electrons. The molecule has 0 bridgehead atoms. The van der Waals surface area contributed by atoms with E-state index in [1.165, 1.54) is 29.2 Å². The quantitative estimate of drug-likeness (QED) is 0.842. The highest BCUT2D eigenvalue weighted by molar-refractivity contribution is 5.94. The highest BCUT2D eigenvalue weighted by Crippen LogP contribution is 2.15. The van der Waals surface area contributed by atoms with Crippen LogP contribution in [0.2, 0.25) is 0 Å². The van der Waals surface area contributed by atoms with E-state index in [0.717, 1.165) is 0 Å². The minimum absolute atomic E-state index is 0.357. The fraction of sp³-hybridized carbons (Fsp3) is 0.429. The van der Waals surface area contributed by atoms with Crippen molar-refractivity contribution in [1.29, 1.82) is 0 Å². The lowest BCUT2D eigenvalue weighted by Crippen LogP contribution is -2.48. The number of rotatable bonds is 6. The molecule has 2 amide bonds. The molecule has 0 spiro atoms. The maximum Gasteiger partial charge on any atom is 0.326 e. The number of aliphatic carboxylic acids is 1.